The number of aromatic nitrogens is 3. The topological polar surface area (TPSA) is 59.8 Å². The van der Waals surface area contributed by atoms with Crippen LogP contribution in [0.25, 0.3) is 0 Å². The van der Waals surface area contributed by atoms with Crippen molar-refractivity contribution in [2.75, 3.05) is 0 Å². The molecule has 5 nitrogen and oxygen atoms in total. The van der Waals surface area contributed by atoms with Gasteiger partial charge in [-0.2, -0.15) is 0 Å². The Morgan fingerprint density at radius 1 is 1.35 bits per heavy atom. The van der Waals surface area contributed by atoms with Crippen LogP contribution in [0.4, 0.5) is 8.78 Å². The highest BCUT2D eigenvalue weighted by atomic mass is 19.1. The van der Waals surface area contributed by atoms with Gasteiger partial charge >= 0.3 is 0 Å². The fourth-order valence-corrected chi connectivity index (χ4v) is 1.81. The predicted molar refractivity (Wildman–Crippen MR) is 66.0 cm³/mol. The zero-order valence-corrected chi connectivity index (χ0v) is 10.5. The molecule has 0 atom stereocenters. The van der Waals surface area contributed by atoms with Gasteiger partial charge in [-0.15, -0.1) is 5.10 Å². The normalized spacial score (nSPS) is 14.3. The molecule has 1 aliphatic rings. The standard InChI is InChI=1S/C13H12F2N4O/c14-10-2-1-3-11(15)9(10)6-19-7-12(17-18-19)13(20)16-8-4-5-8/h1-3,7-8H,4-6H2,(H,16,20). The number of nitrogens with one attached hydrogen (secondary N) is 1. The summed E-state index contributed by atoms with van der Waals surface area (Å²) in [6.45, 7) is -0.109. The number of hydrogen-bond acceptors (Lipinski definition) is 3. The van der Waals surface area contributed by atoms with Crippen LogP contribution in [0.5, 0.6) is 0 Å². The van der Waals surface area contributed by atoms with Crippen LogP contribution < -0.4 is 5.32 Å². The summed E-state index contributed by atoms with van der Waals surface area (Å²) in [6, 6.07) is 3.87. The van der Waals surface area contributed by atoms with Gasteiger partial charge < -0.3 is 5.32 Å². The van der Waals surface area contributed by atoms with Crippen LogP contribution in [0.3, 0.4) is 0 Å². The van der Waals surface area contributed by atoms with Gasteiger partial charge in [0.1, 0.15) is 11.6 Å². The van der Waals surface area contributed by atoms with E-state index in [1.54, 1.807) is 0 Å². The van der Waals surface area contributed by atoms with Crippen molar-refractivity contribution in [1.82, 2.24) is 20.3 Å². The highest BCUT2D eigenvalue weighted by Crippen LogP contribution is 2.19. The molecule has 1 fully saturated rings. The van der Waals surface area contributed by atoms with E-state index in [0.29, 0.717) is 0 Å². The fourth-order valence-electron chi connectivity index (χ4n) is 1.81. The first-order chi connectivity index (χ1) is 9.63. The number of rotatable bonds is 4. The van der Waals surface area contributed by atoms with E-state index in [4.69, 9.17) is 0 Å². The summed E-state index contributed by atoms with van der Waals surface area (Å²) < 4.78 is 28.2. The lowest BCUT2D eigenvalue weighted by Gasteiger charge is -2.03. The predicted octanol–water partition coefficient (Wildman–Crippen LogP) is 1.50. The number of halogens is 2. The second-order valence-corrected chi connectivity index (χ2v) is 4.75. The van der Waals surface area contributed by atoms with Crippen molar-refractivity contribution in [3.63, 3.8) is 0 Å². The number of carbonyl (C=O) groups excluding carboxylic acids is 1. The second kappa shape index (κ2) is 4.99. The summed E-state index contributed by atoms with van der Waals surface area (Å²) in [5.41, 5.74) is 0.0419. The van der Waals surface area contributed by atoms with E-state index in [9.17, 15) is 13.6 Å². The van der Waals surface area contributed by atoms with Crippen molar-refractivity contribution < 1.29 is 13.6 Å². The summed E-state index contributed by atoms with van der Waals surface area (Å²) in [4.78, 5) is 11.7. The molecule has 7 heteroatoms. The maximum absolute atomic E-state index is 13.5. The first-order valence-corrected chi connectivity index (χ1v) is 6.27. The lowest BCUT2D eigenvalue weighted by molar-refractivity contribution is 0.0946. The summed E-state index contributed by atoms with van der Waals surface area (Å²) >= 11 is 0. The van der Waals surface area contributed by atoms with Crippen molar-refractivity contribution in [2.24, 2.45) is 0 Å². The Bertz CT molecular complexity index is 631. The molecule has 0 unspecified atom stereocenters. The van der Waals surface area contributed by atoms with Crippen molar-refractivity contribution in [2.45, 2.75) is 25.4 Å². The SMILES string of the molecule is O=C(NC1CC1)c1cn(Cc2c(F)cccc2F)nn1. The molecule has 0 radical (unpaired) electrons. The van der Waals surface area contributed by atoms with Crippen molar-refractivity contribution in [3.05, 3.63) is 47.3 Å². The minimum atomic E-state index is -0.649. The molecule has 20 heavy (non-hydrogen) atoms. The van der Waals surface area contributed by atoms with Crippen LogP contribution in [0.2, 0.25) is 0 Å². The van der Waals surface area contributed by atoms with Gasteiger partial charge in [0.25, 0.3) is 5.91 Å². The second-order valence-electron chi connectivity index (χ2n) is 4.75. The molecular weight excluding hydrogens is 266 g/mol. The van der Waals surface area contributed by atoms with Gasteiger partial charge in [0, 0.05) is 11.6 Å². The highest BCUT2D eigenvalue weighted by Gasteiger charge is 2.25. The van der Waals surface area contributed by atoms with Crippen LogP contribution >= 0.6 is 0 Å². The molecule has 1 aliphatic carbocycles. The number of nitrogens with zero attached hydrogens (tertiary/aromatic N) is 3. The third-order valence-corrected chi connectivity index (χ3v) is 3.07. The molecule has 3 rings (SSSR count). The van der Waals surface area contributed by atoms with Gasteiger partial charge in [0.15, 0.2) is 5.69 Å². The number of carbonyl (C=O) groups is 1. The largest absolute Gasteiger partial charge is 0.348 e. The monoisotopic (exact) mass is 278 g/mol. The minimum Gasteiger partial charge on any atom is -0.348 e. The smallest absolute Gasteiger partial charge is 0.273 e. The van der Waals surface area contributed by atoms with Crippen LogP contribution in [0.15, 0.2) is 24.4 Å². The minimum absolute atomic E-state index is 0.105. The Morgan fingerprint density at radius 3 is 2.70 bits per heavy atom. The van der Waals surface area contributed by atoms with E-state index in [2.05, 4.69) is 15.6 Å². The van der Waals surface area contributed by atoms with Gasteiger partial charge in [0.05, 0.1) is 12.7 Å². The zero-order valence-electron chi connectivity index (χ0n) is 10.5. The lowest BCUT2D eigenvalue weighted by atomic mass is 10.2. The third-order valence-electron chi connectivity index (χ3n) is 3.07. The first-order valence-electron chi connectivity index (χ1n) is 6.27. The number of hydrogen-bond donors (Lipinski definition) is 1. The van der Waals surface area contributed by atoms with Gasteiger partial charge in [-0.3, -0.25) is 4.79 Å². The molecule has 0 spiro atoms. The first kappa shape index (κ1) is 12.7. The van der Waals surface area contributed by atoms with Crippen molar-refractivity contribution in [3.8, 4) is 0 Å². The van der Waals surface area contributed by atoms with Crippen LogP contribution in [-0.4, -0.2) is 26.9 Å². The molecule has 104 valence electrons. The van der Waals surface area contributed by atoms with Crippen LogP contribution in [0.1, 0.15) is 28.9 Å². The molecular formula is C13H12F2N4O. The quantitative estimate of drug-likeness (QED) is 0.922. The van der Waals surface area contributed by atoms with E-state index in [-0.39, 0.29) is 29.8 Å². The average molecular weight is 278 g/mol. The number of benzene rings is 1. The van der Waals surface area contributed by atoms with Crippen LogP contribution in [-0.2, 0) is 6.54 Å². The van der Waals surface area contributed by atoms with Gasteiger partial charge in [0.2, 0.25) is 0 Å². The fraction of sp³-hybridized carbons (Fsp3) is 0.308. The molecule has 0 saturated heterocycles. The molecule has 2 aromatic rings. The molecule has 0 aliphatic heterocycles. The third kappa shape index (κ3) is 2.66. The molecule has 1 amide bonds. The molecule has 1 aromatic carbocycles. The molecule has 0 bridgehead atoms. The lowest BCUT2D eigenvalue weighted by Crippen LogP contribution is -2.25. The average Bonchev–Trinajstić information content (AvgIpc) is 3.10. The summed E-state index contributed by atoms with van der Waals surface area (Å²) in [6.07, 6.45) is 3.32. The maximum atomic E-state index is 13.5. The maximum Gasteiger partial charge on any atom is 0.273 e. The van der Waals surface area contributed by atoms with E-state index in [1.807, 2.05) is 0 Å². The van der Waals surface area contributed by atoms with Gasteiger partial charge in [-0.05, 0) is 25.0 Å². The molecule has 1 aromatic heterocycles. The molecule has 1 saturated carbocycles. The van der Waals surface area contributed by atoms with E-state index in [1.165, 1.54) is 29.1 Å². The Hall–Kier alpha value is -2.31. The van der Waals surface area contributed by atoms with Gasteiger partial charge in [-0.25, -0.2) is 13.5 Å². The van der Waals surface area contributed by atoms with E-state index in [0.717, 1.165) is 12.8 Å². The number of amides is 1. The molecule has 1 N–H and O–H groups in total. The Balaban J connectivity index is 1.75. The van der Waals surface area contributed by atoms with E-state index >= 15 is 0 Å². The van der Waals surface area contributed by atoms with Crippen LogP contribution in [0, 0.1) is 11.6 Å². The highest BCUT2D eigenvalue weighted by molar-refractivity contribution is 5.92. The summed E-state index contributed by atoms with van der Waals surface area (Å²) in [5, 5.41) is 10.2. The summed E-state index contributed by atoms with van der Waals surface area (Å²) in [5.74, 6) is -1.61. The van der Waals surface area contributed by atoms with Crippen molar-refractivity contribution >= 4 is 5.91 Å². The van der Waals surface area contributed by atoms with Gasteiger partial charge in [-0.1, -0.05) is 11.3 Å². The zero-order chi connectivity index (χ0) is 14.1. The Labute approximate surface area is 113 Å². The van der Waals surface area contributed by atoms with Crippen molar-refractivity contribution in [1.29, 1.82) is 0 Å². The Morgan fingerprint density at radius 2 is 2.05 bits per heavy atom. The Kier molecular flexibility index (Phi) is 3.17. The summed E-state index contributed by atoms with van der Waals surface area (Å²) in [7, 11) is 0. The molecule has 1 heterocycles. The van der Waals surface area contributed by atoms with E-state index < -0.39 is 11.6 Å².